The van der Waals surface area contributed by atoms with Crippen molar-refractivity contribution in [2.75, 3.05) is 42.1 Å². The summed E-state index contributed by atoms with van der Waals surface area (Å²) in [6.07, 6.45) is 2.22. The first-order valence-electron chi connectivity index (χ1n) is 13.7. The second kappa shape index (κ2) is 12.7. The predicted octanol–water partition coefficient (Wildman–Crippen LogP) is 4.35. The molecule has 1 unspecified atom stereocenters. The molecule has 220 valence electrons. The molecule has 1 fully saturated rings. The van der Waals surface area contributed by atoms with E-state index in [2.05, 4.69) is 37.1 Å². The number of rotatable bonds is 10. The van der Waals surface area contributed by atoms with Crippen molar-refractivity contribution in [1.29, 1.82) is 0 Å². The van der Waals surface area contributed by atoms with E-state index in [1.807, 2.05) is 6.07 Å². The second-order valence-electron chi connectivity index (χ2n) is 10.4. The van der Waals surface area contributed by atoms with Crippen LogP contribution in [0.1, 0.15) is 25.3 Å². The molecule has 1 aliphatic heterocycles. The van der Waals surface area contributed by atoms with Gasteiger partial charge in [0.15, 0.2) is 11.6 Å². The number of benzene rings is 3. The van der Waals surface area contributed by atoms with E-state index in [9.17, 15) is 18.3 Å². The van der Waals surface area contributed by atoms with Gasteiger partial charge in [0, 0.05) is 24.0 Å². The topological polar surface area (TPSA) is 146 Å². The molecule has 1 saturated heterocycles. The zero-order valence-corrected chi connectivity index (χ0v) is 24.3. The van der Waals surface area contributed by atoms with E-state index >= 15 is 0 Å². The van der Waals surface area contributed by atoms with Crippen molar-refractivity contribution in [3.63, 3.8) is 0 Å². The first-order chi connectivity index (χ1) is 20.2. The number of hydrogen-bond acceptors (Lipinski definition) is 9. The molecule has 1 atom stereocenters. The number of para-hydroxylation sites is 2. The fraction of sp³-hybridized carbons (Fsp3) is 0.300. The van der Waals surface area contributed by atoms with Crippen molar-refractivity contribution in [3.8, 4) is 5.75 Å². The number of anilines is 4. The molecule has 4 aromatic rings. The molecule has 0 radical (unpaired) electrons. The van der Waals surface area contributed by atoms with E-state index in [1.165, 1.54) is 19.2 Å². The van der Waals surface area contributed by atoms with Crippen LogP contribution in [0.25, 0.3) is 11.0 Å². The molecule has 2 heterocycles. The normalized spacial score (nSPS) is 15.7. The van der Waals surface area contributed by atoms with Gasteiger partial charge < -0.3 is 20.5 Å². The summed E-state index contributed by atoms with van der Waals surface area (Å²) in [5.74, 6) is 1.00. The van der Waals surface area contributed by atoms with Crippen LogP contribution in [0.4, 0.5) is 23.0 Å². The lowest BCUT2D eigenvalue weighted by molar-refractivity contribution is -0.117. The van der Waals surface area contributed by atoms with Crippen LogP contribution in [0.5, 0.6) is 5.75 Å². The number of hydrogen-bond donors (Lipinski definition) is 4. The Hall–Kier alpha value is -4.26. The Bertz CT molecular complexity index is 1670. The maximum atomic E-state index is 13.6. The van der Waals surface area contributed by atoms with Crippen molar-refractivity contribution in [2.45, 2.75) is 31.3 Å². The van der Waals surface area contributed by atoms with Crippen molar-refractivity contribution < 1.29 is 23.1 Å². The molecule has 12 heteroatoms. The van der Waals surface area contributed by atoms with Gasteiger partial charge in [-0.25, -0.2) is 18.4 Å². The van der Waals surface area contributed by atoms with Crippen LogP contribution in [0.3, 0.4) is 0 Å². The molecule has 42 heavy (non-hydrogen) atoms. The number of nitrogens with one attached hydrogen (secondary N) is 3. The third-order valence-corrected chi connectivity index (χ3v) is 8.32. The van der Waals surface area contributed by atoms with Crippen LogP contribution in [0, 0.1) is 5.92 Å². The highest BCUT2D eigenvalue weighted by atomic mass is 32.2. The van der Waals surface area contributed by atoms with Gasteiger partial charge in [0.25, 0.3) is 10.0 Å². The van der Waals surface area contributed by atoms with Crippen molar-refractivity contribution in [2.24, 2.45) is 5.92 Å². The minimum atomic E-state index is -4.13. The standard InChI is InChI=1S/C30H34N6O5S/c1-20-7-6-12-36(17-20)18-28(38)31-22-8-5-9-25(16-22)42(39,40)35-30-29(33-26-10-3-4-11-27(26)34-30)32-23-13-21(19-37)14-24(15-23)41-2/h3-5,8-11,13-16,20,37H,6-7,12,17-19H2,1-2H3,(H,31,38)(H,32,33)(H,34,35). The van der Waals surface area contributed by atoms with Crippen molar-refractivity contribution in [3.05, 3.63) is 72.3 Å². The summed E-state index contributed by atoms with van der Waals surface area (Å²) >= 11 is 0. The minimum Gasteiger partial charge on any atom is -0.497 e. The summed E-state index contributed by atoms with van der Waals surface area (Å²) in [6.45, 7) is 3.96. The average Bonchev–Trinajstić information content (AvgIpc) is 2.97. The number of carbonyl (C=O) groups is 1. The highest BCUT2D eigenvalue weighted by Crippen LogP contribution is 2.30. The largest absolute Gasteiger partial charge is 0.497 e. The Morgan fingerprint density at radius 3 is 2.50 bits per heavy atom. The van der Waals surface area contributed by atoms with Gasteiger partial charge >= 0.3 is 0 Å². The Balaban J connectivity index is 1.40. The van der Waals surface area contributed by atoms with Gasteiger partial charge in [-0.3, -0.25) is 14.4 Å². The van der Waals surface area contributed by atoms with Crippen LogP contribution in [0.2, 0.25) is 0 Å². The molecule has 3 aromatic carbocycles. The SMILES string of the molecule is COc1cc(CO)cc(Nc2nc3ccccc3nc2NS(=O)(=O)c2cccc(NC(=O)CN3CCCC(C)C3)c2)c1. The van der Waals surface area contributed by atoms with Crippen LogP contribution in [0.15, 0.2) is 71.6 Å². The number of fused-ring (bicyclic) bond motifs is 1. The Labute approximate surface area is 245 Å². The van der Waals surface area contributed by atoms with Crippen LogP contribution >= 0.6 is 0 Å². The Kier molecular flexibility index (Phi) is 8.86. The number of aliphatic hydroxyl groups excluding tert-OH is 1. The van der Waals surface area contributed by atoms with Crippen LogP contribution in [-0.2, 0) is 21.4 Å². The number of aromatic nitrogens is 2. The van der Waals surface area contributed by atoms with E-state index in [4.69, 9.17) is 4.74 Å². The van der Waals surface area contributed by atoms with E-state index in [-0.39, 0.29) is 35.6 Å². The van der Waals surface area contributed by atoms with E-state index in [0.717, 1.165) is 25.9 Å². The molecule has 11 nitrogen and oxygen atoms in total. The second-order valence-corrected chi connectivity index (χ2v) is 12.1. The molecular weight excluding hydrogens is 556 g/mol. The number of ether oxygens (including phenoxy) is 1. The lowest BCUT2D eigenvalue weighted by atomic mass is 10.0. The van der Waals surface area contributed by atoms with Gasteiger partial charge in [-0.15, -0.1) is 0 Å². The zero-order valence-electron chi connectivity index (χ0n) is 23.5. The maximum Gasteiger partial charge on any atom is 0.263 e. The van der Waals surface area contributed by atoms with Gasteiger partial charge in [-0.1, -0.05) is 25.1 Å². The quantitative estimate of drug-likeness (QED) is 0.212. The Morgan fingerprint density at radius 1 is 1.02 bits per heavy atom. The van der Waals surface area contributed by atoms with Gasteiger partial charge in [-0.2, -0.15) is 0 Å². The number of amides is 1. The molecule has 1 aliphatic rings. The van der Waals surface area contributed by atoms with Crippen molar-refractivity contribution in [1.82, 2.24) is 14.9 Å². The number of nitrogens with zero attached hydrogens (tertiary/aromatic N) is 3. The van der Waals surface area contributed by atoms with E-state index < -0.39 is 10.0 Å². The fourth-order valence-electron chi connectivity index (χ4n) is 5.00. The first kappa shape index (κ1) is 29.2. The van der Waals surface area contributed by atoms with Crippen LogP contribution in [-0.4, -0.2) is 61.0 Å². The van der Waals surface area contributed by atoms with Crippen molar-refractivity contribution >= 4 is 50.0 Å². The van der Waals surface area contributed by atoms with Gasteiger partial charge in [-0.05, 0) is 73.3 Å². The molecule has 1 amide bonds. The summed E-state index contributed by atoms with van der Waals surface area (Å²) in [5, 5.41) is 15.6. The highest BCUT2D eigenvalue weighted by molar-refractivity contribution is 7.92. The Morgan fingerprint density at radius 2 is 1.79 bits per heavy atom. The molecular formula is C30H34N6O5S. The highest BCUT2D eigenvalue weighted by Gasteiger charge is 2.22. The molecule has 0 bridgehead atoms. The number of sulfonamides is 1. The predicted molar refractivity (Wildman–Crippen MR) is 162 cm³/mol. The number of methoxy groups -OCH3 is 1. The summed E-state index contributed by atoms with van der Waals surface area (Å²) in [7, 11) is -2.62. The molecule has 5 rings (SSSR count). The summed E-state index contributed by atoms with van der Waals surface area (Å²) in [5.41, 5.74) is 2.55. The lowest BCUT2D eigenvalue weighted by Gasteiger charge is -2.30. The summed E-state index contributed by atoms with van der Waals surface area (Å²) < 4.78 is 35.0. The van der Waals surface area contributed by atoms with Gasteiger partial charge in [0.1, 0.15) is 5.75 Å². The number of carbonyl (C=O) groups excluding carboxylic acids is 1. The summed E-state index contributed by atoms with van der Waals surface area (Å²) in [6, 6.07) is 18.3. The maximum absolute atomic E-state index is 13.6. The smallest absolute Gasteiger partial charge is 0.263 e. The summed E-state index contributed by atoms with van der Waals surface area (Å²) in [4.78, 5) is 23.9. The number of likely N-dealkylation sites (tertiary alicyclic amines) is 1. The molecule has 0 saturated carbocycles. The fourth-order valence-corrected chi connectivity index (χ4v) is 6.05. The van der Waals surface area contributed by atoms with E-state index in [1.54, 1.807) is 48.5 Å². The first-order valence-corrected chi connectivity index (χ1v) is 15.2. The monoisotopic (exact) mass is 590 g/mol. The third-order valence-electron chi connectivity index (χ3n) is 6.99. The average molecular weight is 591 g/mol. The van der Waals surface area contributed by atoms with Gasteiger partial charge in [0.2, 0.25) is 5.91 Å². The minimum absolute atomic E-state index is 0.0178. The molecule has 0 aliphatic carbocycles. The van der Waals surface area contributed by atoms with E-state index in [0.29, 0.717) is 39.6 Å². The molecule has 0 spiro atoms. The molecule has 4 N–H and O–H groups in total. The third kappa shape index (κ3) is 7.14. The number of aliphatic hydroxyl groups is 1. The number of piperidine rings is 1. The van der Waals surface area contributed by atoms with Crippen LogP contribution < -0.4 is 20.1 Å². The lowest BCUT2D eigenvalue weighted by Crippen LogP contribution is -2.39. The zero-order chi connectivity index (χ0) is 29.7. The van der Waals surface area contributed by atoms with Gasteiger partial charge in [0.05, 0.1) is 36.2 Å². The molecule has 1 aromatic heterocycles.